The van der Waals surface area contributed by atoms with Gasteiger partial charge in [0.2, 0.25) is 0 Å². The Bertz CT molecular complexity index is 573. The minimum atomic E-state index is -0.686. The zero-order valence-corrected chi connectivity index (χ0v) is 15.8. The summed E-state index contributed by atoms with van der Waals surface area (Å²) in [5.41, 5.74) is 0.400. The van der Waals surface area contributed by atoms with Crippen molar-refractivity contribution in [1.29, 1.82) is 0 Å². The van der Waals surface area contributed by atoms with Crippen LogP contribution in [-0.4, -0.2) is 38.7 Å². The van der Waals surface area contributed by atoms with Crippen molar-refractivity contribution in [3.8, 4) is 11.5 Å². The lowest BCUT2D eigenvalue weighted by atomic mass is 9.99. The van der Waals surface area contributed by atoms with E-state index in [0.717, 1.165) is 19.3 Å². The van der Waals surface area contributed by atoms with Crippen molar-refractivity contribution >= 4 is 11.9 Å². The largest absolute Gasteiger partial charge is 0.493 e. The summed E-state index contributed by atoms with van der Waals surface area (Å²) in [7, 11) is 2.84. The van der Waals surface area contributed by atoms with Crippen LogP contribution in [0.1, 0.15) is 50.4 Å². The molecule has 0 heterocycles. The van der Waals surface area contributed by atoms with Gasteiger partial charge in [-0.3, -0.25) is 4.79 Å². The van der Waals surface area contributed by atoms with E-state index in [0.29, 0.717) is 23.7 Å². The van der Waals surface area contributed by atoms with Crippen molar-refractivity contribution in [2.75, 3.05) is 20.8 Å². The number of unbranched alkanes of at least 4 members (excludes halogenated alkanes) is 1. The van der Waals surface area contributed by atoms with E-state index in [-0.39, 0.29) is 11.8 Å². The Morgan fingerprint density at radius 3 is 2.44 bits per heavy atom. The molecule has 2 atom stereocenters. The number of benzene rings is 1. The Labute approximate surface area is 149 Å². The maximum atomic E-state index is 12.5. The molecule has 25 heavy (non-hydrogen) atoms. The molecule has 1 N–H and O–H groups in total. The number of hydrogen-bond donors (Lipinski definition) is 1. The summed E-state index contributed by atoms with van der Waals surface area (Å²) in [5, 5.41) is 2.75. The fourth-order valence-electron chi connectivity index (χ4n) is 2.28. The van der Waals surface area contributed by atoms with E-state index in [1.54, 1.807) is 18.2 Å². The highest BCUT2D eigenvalue weighted by Crippen LogP contribution is 2.28. The van der Waals surface area contributed by atoms with Gasteiger partial charge in [0.1, 0.15) is 6.04 Å². The molecule has 0 unspecified atom stereocenters. The fourth-order valence-corrected chi connectivity index (χ4v) is 2.28. The molecule has 0 radical (unpaired) electrons. The smallest absolute Gasteiger partial charge is 0.328 e. The first-order valence-corrected chi connectivity index (χ1v) is 8.67. The van der Waals surface area contributed by atoms with Gasteiger partial charge in [-0.05, 0) is 30.5 Å². The van der Waals surface area contributed by atoms with Crippen LogP contribution in [0, 0.1) is 5.92 Å². The average Bonchev–Trinajstić information content (AvgIpc) is 2.64. The summed E-state index contributed by atoms with van der Waals surface area (Å²) in [6.07, 6.45) is 2.72. The first-order chi connectivity index (χ1) is 12.0. The van der Waals surface area contributed by atoms with Crippen molar-refractivity contribution < 1.29 is 23.8 Å². The van der Waals surface area contributed by atoms with E-state index in [2.05, 4.69) is 12.2 Å². The van der Waals surface area contributed by atoms with Crippen LogP contribution in [0.5, 0.6) is 11.5 Å². The Morgan fingerprint density at radius 1 is 1.16 bits per heavy atom. The molecule has 140 valence electrons. The maximum absolute atomic E-state index is 12.5. The first kappa shape index (κ1) is 20.8. The van der Waals surface area contributed by atoms with Crippen molar-refractivity contribution in [2.45, 2.75) is 46.1 Å². The van der Waals surface area contributed by atoms with E-state index < -0.39 is 12.0 Å². The number of esters is 1. The number of methoxy groups -OCH3 is 2. The first-order valence-electron chi connectivity index (χ1n) is 8.67. The molecule has 0 fully saturated rings. The summed E-state index contributed by atoms with van der Waals surface area (Å²) in [4.78, 5) is 24.4. The summed E-state index contributed by atoms with van der Waals surface area (Å²) in [6.45, 7) is 6.53. The lowest BCUT2D eigenvalue weighted by Crippen LogP contribution is -2.45. The quantitative estimate of drug-likeness (QED) is 0.518. The summed E-state index contributed by atoms with van der Waals surface area (Å²) < 4.78 is 15.8. The zero-order chi connectivity index (χ0) is 18.8. The minimum absolute atomic E-state index is 0.0325. The van der Waals surface area contributed by atoms with Crippen molar-refractivity contribution in [1.82, 2.24) is 5.32 Å². The lowest BCUT2D eigenvalue weighted by molar-refractivity contribution is -0.144. The van der Waals surface area contributed by atoms with Gasteiger partial charge in [-0.15, -0.1) is 0 Å². The Balaban J connectivity index is 2.91. The van der Waals surface area contributed by atoms with Crippen LogP contribution < -0.4 is 14.8 Å². The molecule has 0 saturated heterocycles. The van der Waals surface area contributed by atoms with Crippen LogP contribution in [0.15, 0.2) is 18.2 Å². The standard InChI is InChI=1S/C19H29NO5/c1-6-8-11-25-15-10-9-14(12-16(15)23-4)18(21)20-17(13(3)7-2)19(22)24-5/h9-10,12-13,17H,6-8,11H2,1-5H3,(H,20,21)/t13-,17-/m1/s1. The van der Waals surface area contributed by atoms with E-state index in [4.69, 9.17) is 14.2 Å². The summed E-state index contributed by atoms with van der Waals surface area (Å²) >= 11 is 0. The molecule has 0 aliphatic rings. The highest BCUT2D eigenvalue weighted by Gasteiger charge is 2.27. The highest BCUT2D eigenvalue weighted by atomic mass is 16.5. The predicted octanol–water partition coefficient (Wildman–Crippen LogP) is 3.19. The molecule has 6 heteroatoms. The van der Waals surface area contributed by atoms with E-state index in [1.807, 2.05) is 13.8 Å². The highest BCUT2D eigenvalue weighted by molar-refractivity contribution is 5.97. The topological polar surface area (TPSA) is 73.9 Å². The monoisotopic (exact) mass is 351 g/mol. The molecule has 1 aromatic carbocycles. The van der Waals surface area contributed by atoms with Gasteiger partial charge in [-0.1, -0.05) is 33.6 Å². The molecule has 6 nitrogen and oxygen atoms in total. The number of rotatable bonds is 10. The molecular weight excluding hydrogens is 322 g/mol. The Hall–Kier alpha value is -2.24. The predicted molar refractivity (Wildman–Crippen MR) is 96.1 cm³/mol. The van der Waals surface area contributed by atoms with Crippen molar-refractivity contribution in [3.63, 3.8) is 0 Å². The summed E-state index contributed by atoms with van der Waals surface area (Å²) in [6, 6.07) is 4.29. The maximum Gasteiger partial charge on any atom is 0.328 e. The second-order valence-electron chi connectivity index (χ2n) is 5.93. The van der Waals surface area contributed by atoms with Crippen molar-refractivity contribution in [3.05, 3.63) is 23.8 Å². The molecule has 0 spiro atoms. The number of carbonyl (C=O) groups is 2. The fraction of sp³-hybridized carbons (Fsp3) is 0.579. The third kappa shape index (κ3) is 5.96. The number of hydrogen-bond acceptors (Lipinski definition) is 5. The van der Waals surface area contributed by atoms with Gasteiger partial charge in [-0.2, -0.15) is 0 Å². The van der Waals surface area contributed by atoms with Gasteiger partial charge in [0.05, 0.1) is 20.8 Å². The molecule has 1 amide bonds. The molecular formula is C19H29NO5. The molecule has 0 aliphatic carbocycles. The Morgan fingerprint density at radius 2 is 1.88 bits per heavy atom. The van der Waals surface area contributed by atoms with Crippen LogP contribution in [0.3, 0.4) is 0 Å². The second-order valence-corrected chi connectivity index (χ2v) is 5.93. The number of ether oxygens (including phenoxy) is 3. The van der Waals surface area contributed by atoms with Crippen LogP contribution in [0.25, 0.3) is 0 Å². The molecule has 0 aromatic heterocycles. The Kier molecular flexibility index (Phi) is 8.81. The number of carbonyl (C=O) groups excluding carboxylic acids is 2. The number of nitrogens with one attached hydrogen (secondary N) is 1. The summed E-state index contributed by atoms with van der Waals surface area (Å²) in [5.74, 6) is 0.249. The van der Waals surface area contributed by atoms with Gasteiger partial charge in [-0.25, -0.2) is 4.79 Å². The molecule has 1 rings (SSSR count). The van der Waals surface area contributed by atoms with Crippen LogP contribution >= 0.6 is 0 Å². The minimum Gasteiger partial charge on any atom is -0.493 e. The van der Waals surface area contributed by atoms with E-state index in [1.165, 1.54) is 14.2 Å². The molecule has 0 bridgehead atoms. The van der Waals surface area contributed by atoms with Gasteiger partial charge in [0.25, 0.3) is 5.91 Å². The van der Waals surface area contributed by atoms with Gasteiger partial charge >= 0.3 is 5.97 Å². The van der Waals surface area contributed by atoms with Crippen molar-refractivity contribution in [2.24, 2.45) is 5.92 Å². The normalized spacial score (nSPS) is 12.8. The number of amides is 1. The molecule has 1 aromatic rings. The average molecular weight is 351 g/mol. The van der Waals surface area contributed by atoms with E-state index >= 15 is 0 Å². The van der Waals surface area contributed by atoms with Gasteiger partial charge < -0.3 is 19.5 Å². The van der Waals surface area contributed by atoms with Crippen LogP contribution in [0.4, 0.5) is 0 Å². The van der Waals surface area contributed by atoms with Crippen LogP contribution in [-0.2, 0) is 9.53 Å². The lowest BCUT2D eigenvalue weighted by Gasteiger charge is -2.22. The van der Waals surface area contributed by atoms with Gasteiger partial charge in [0.15, 0.2) is 11.5 Å². The molecule has 0 aliphatic heterocycles. The van der Waals surface area contributed by atoms with E-state index in [9.17, 15) is 9.59 Å². The van der Waals surface area contributed by atoms with Crippen LogP contribution in [0.2, 0.25) is 0 Å². The SMILES string of the molecule is CCCCOc1ccc(C(=O)N[C@@H](C(=O)OC)[C@H](C)CC)cc1OC. The van der Waals surface area contributed by atoms with Gasteiger partial charge in [0, 0.05) is 5.56 Å². The third-order valence-corrected chi connectivity index (χ3v) is 4.14. The zero-order valence-electron chi connectivity index (χ0n) is 15.8. The second kappa shape index (κ2) is 10.6. The molecule has 0 saturated carbocycles. The third-order valence-electron chi connectivity index (χ3n) is 4.14.